The summed E-state index contributed by atoms with van der Waals surface area (Å²) < 4.78 is 47.4. The van der Waals surface area contributed by atoms with Crippen molar-refractivity contribution in [3.8, 4) is 56.4 Å². The lowest BCUT2D eigenvalue weighted by Crippen LogP contribution is -2.00. The summed E-state index contributed by atoms with van der Waals surface area (Å²) in [6.07, 6.45) is 0. The van der Waals surface area contributed by atoms with Gasteiger partial charge in [-0.05, 0) is 40.5 Å². The third kappa shape index (κ3) is 4.65. The van der Waals surface area contributed by atoms with Crippen molar-refractivity contribution < 1.29 is 11.3 Å². The van der Waals surface area contributed by atoms with Crippen LogP contribution in [0.15, 0.2) is 156 Å². The van der Waals surface area contributed by atoms with Crippen LogP contribution in [0.5, 0.6) is 0 Å². The number of hydrogen-bond donors (Lipinski definition) is 0. The predicted octanol–water partition coefficient (Wildman–Crippen LogP) is 10.1. The van der Waals surface area contributed by atoms with Crippen LogP contribution in [0.25, 0.3) is 78.4 Å². The molecule has 0 aliphatic heterocycles. The Bertz CT molecular complexity index is 2470. The zero-order valence-corrected chi connectivity index (χ0v) is 22.8. The van der Waals surface area contributed by atoms with E-state index in [9.17, 15) is 0 Å². The second kappa shape index (κ2) is 10.5. The van der Waals surface area contributed by atoms with E-state index in [1.807, 2.05) is 84.9 Å². The van der Waals surface area contributed by atoms with E-state index in [0.717, 1.165) is 38.6 Å². The summed E-state index contributed by atoms with van der Waals surface area (Å²) in [5, 5.41) is 1.59. The first kappa shape index (κ1) is 20.1. The summed E-state index contributed by atoms with van der Waals surface area (Å²) >= 11 is 0. The number of nitrogens with zero attached hydrogens (tertiary/aromatic N) is 3. The Kier molecular flexibility index (Phi) is 4.91. The molecule has 8 rings (SSSR count). The van der Waals surface area contributed by atoms with Gasteiger partial charge in [0.2, 0.25) is 0 Å². The Labute approximate surface area is 256 Å². The SMILES string of the molecule is [2H]c1c([2H])c([2H])c(-c2ccc3c(c2)oc2cccc(-c4nc(-c5ccccc5)nc(-c5ccc(-c6ccccc6)cc5)n4)c23)c([2H])c1[2H]. The van der Waals surface area contributed by atoms with Crippen molar-refractivity contribution in [3.63, 3.8) is 0 Å². The van der Waals surface area contributed by atoms with Crippen LogP contribution in [0.4, 0.5) is 0 Å². The van der Waals surface area contributed by atoms with Crippen LogP contribution in [-0.4, -0.2) is 15.0 Å². The molecule has 0 amide bonds. The van der Waals surface area contributed by atoms with Gasteiger partial charge in [0.25, 0.3) is 0 Å². The van der Waals surface area contributed by atoms with Crippen molar-refractivity contribution in [1.29, 1.82) is 0 Å². The van der Waals surface area contributed by atoms with Crippen LogP contribution in [-0.2, 0) is 0 Å². The average molecular weight is 557 g/mol. The van der Waals surface area contributed by atoms with E-state index < -0.39 is 6.04 Å². The van der Waals surface area contributed by atoms with Gasteiger partial charge in [0.15, 0.2) is 17.5 Å². The predicted molar refractivity (Wildman–Crippen MR) is 174 cm³/mol. The molecule has 2 heterocycles. The van der Waals surface area contributed by atoms with E-state index in [2.05, 4.69) is 24.3 Å². The molecular formula is C39H25N3O. The molecule has 6 aromatic carbocycles. The van der Waals surface area contributed by atoms with Gasteiger partial charge >= 0.3 is 0 Å². The second-order valence-electron chi connectivity index (χ2n) is 10.1. The molecule has 8 aromatic rings. The van der Waals surface area contributed by atoms with Crippen LogP contribution in [0.3, 0.4) is 0 Å². The number of rotatable bonds is 5. The Balaban J connectivity index is 1.29. The van der Waals surface area contributed by atoms with Crippen molar-refractivity contribution in [2.45, 2.75) is 0 Å². The highest BCUT2D eigenvalue weighted by Crippen LogP contribution is 2.38. The zero-order chi connectivity index (χ0) is 32.9. The number of aromatic nitrogens is 3. The molecule has 0 aliphatic carbocycles. The highest BCUT2D eigenvalue weighted by molar-refractivity contribution is 6.12. The highest BCUT2D eigenvalue weighted by atomic mass is 16.3. The first-order valence-corrected chi connectivity index (χ1v) is 13.9. The van der Waals surface area contributed by atoms with Gasteiger partial charge in [-0.2, -0.15) is 0 Å². The van der Waals surface area contributed by atoms with Crippen molar-refractivity contribution in [2.24, 2.45) is 0 Å². The van der Waals surface area contributed by atoms with E-state index in [1.165, 1.54) is 0 Å². The first-order chi connectivity index (χ1) is 23.4. The van der Waals surface area contributed by atoms with Crippen LogP contribution in [0.2, 0.25) is 0 Å². The lowest BCUT2D eigenvalue weighted by molar-refractivity contribution is 0.669. The number of benzene rings is 6. The van der Waals surface area contributed by atoms with Gasteiger partial charge in [-0.1, -0.05) is 133 Å². The maximum absolute atomic E-state index is 8.45. The molecule has 0 N–H and O–H groups in total. The summed E-state index contributed by atoms with van der Waals surface area (Å²) in [6.45, 7) is 0. The Morgan fingerprint density at radius 1 is 0.442 bits per heavy atom. The quantitative estimate of drug-likeness (QED) is 0.212. The zero-order valence-electron chi connectivity index (χ0n) is 27.8. The van der Waals surface area contributed by atoms with Gasteiger partial charge in [-0.15, -0.1) is 0 Å². The lowest BCUT2D eigenvalue weighted by atomic mass is 10.0. The van der Waals surface area contributed by atoms with E-state index in [-0.39, 0.29) is 29.7 Å². The molecule has 202 valence electrons. The molecule has 0 atom stereocenters. The molecule has 4 nitrogen and oxygen atoms in total. The molecule has 0 spiro atoms. The fraction of sp³-hybridized carbons (Fsp3) is 0. The van der Waals surface area contributed by atoms with Gasteiger partial charge in [0.05, 0.1) is 6.85 Å². The number of fused-ring (bicyclic) bond motifs is 3. The third-order valence-corrected chi connectivity index (χ3v) is 7.44. The lowest BCUT2D eigenvalue weighted by Gasteiger charge is -2.10. The Morgan fingerprint density at radius 2 is 1.02 bits per heavy atom. The van der Waals surface area contributed by atoms with Gasteiger partial charge in [0.1, 0.15) is 11.2 Å². The fourth-order valence-corrected chi connectivity index (χ4v) is 5.35. The fourth-order valence-electron chi connectivity index (χ4n) is 5.35. The van der Waals surface area contributed by atoms with Crippen LogP contribution in [0, 0.1) is 0 Å². The monoisotopic (exact) mass is 556 g/mol. The van der Waals surface area contributed by atoms with Crippen LogP contribution < -0.4 is 0 Å². The standard InChI is InChI=1S/C39H25N3O/c1-4-11-26(12-5-1)28-19-21-30(22-20-28)38-40-37(29-15-8-3-9-16-29)41-39(42-38)33-17-10-18-34-36(33)32-24-23-31(25-35(32)43-34)27-13-6-2-7-14-27/h1-25H/i2D,6D,7D,13D,14D. The first-order valence-electron chi connectivity index (χ1n) is 16.4. The summed E-state index contributed by atoms with van der Waals surface area (Å²) in [7, 11) is 0. The van der Waals surface area contributed by atoms with Crippen molar-refractivity contribution in [1.82, 2.24) is 15.0 Å². The maximum atomic E-state index is 8.45. The topological polar surface area (TPSA) is 51.8 Å². The molecular weight excluding hydrogens is 526 g/mol. The van der Waals surface area contributed by atoms with E-state index in [0.29, 0.717) is 34.2 Å². The van der Waals surface area contributed by atoms with Gasteiger partial charge < -0.3 is 4.42 Å². The molecule has 43 heavy (non-hydrogen) atoms. The summed E-state index contributed by atoms with van der Waals surface area (Å²) in [5.74, 6) is 1.55. The normalized spacial score (nSPS) is 12.9. The molecule has 0 bridgehead atoms. The number of furan rings is 1. The molecule has 0 aliphatic rings. The minimum absolute atomic E-state index is 0.122. The molecule has 4 heteroatoms. The minimum Gasteiger partial charge on any atom is -0.456 e. The summed E-state index contributed by atoms with van der Waals surface area (Å²) in [6, 6.07) is 37.4. The minimum atomic E-state index is -0.429. The van der Waals surface area contributed by atoms with Gasteiger partial charge in [-0.3, -0.25) is 0 Å². The van der Waals surface area contributed by atoms with Gasteiger partial charge in [0, 0.05) is 27.5 Å². The average Bonchev–Trinajstić information content (AvgIpc) is 3.52. The van der Waals surface area contributed by atoms with E-state index in [4.69, 9.17) is 26.2 Å². The molecule has 0 fully saturated rings. The molecule has 0 unspecified atom stereocenters. The number of hydrogen-bond acceptors (Lipinski definition) is 4. The largest absolute Gasteiger partial charge is 0.456 e. The Hall–Kier alpha value is -5.87. The summed E-state index contributed by atoms with van der Waals surface area (Å²) in [4.78, 5) is 14.8. The van der Waals surface area contributed by atoms with Crippen molar-refractivity contribution in [2.75, 3.05) is 0 Å². The smallest absolute Gasteiger partial charge is 0.164 e. The molecule has 0 saturated heterocycles. The van der Waals surface area contributed by atoms with Crippen LogP contribution >= 0.6 is 0 Å². The third-order valence-electron chi connectivity index (χ3n) is 7.44. The second-order valence-corrected chi connectivity index (χ2v) is 10.1. The maximum Gasteiger partial charge on any atom is 0.164 e. The molecule has 0 radical (unpaired) electrons. The molecule has 2 aromatic heterocycles. The molecule has 0 saturated carbocycles. The van der Waals surface area contributed by atoms with E-state index in [1.54, 1.807) is 12.1 Å². The van der Waals surface area contributed by atoms with Crippen LogP contribution in [0.1, 0.15) is 6.85 Å². The van der Waals surface area contributed by atoms with E-state index >= 15 is 0 Å². The Morgan fingerprint density at radius 3 is 1.74 bits per heavy atom. The van der Waals surface area contributed by atoms with Crippen molar-refractivity contribution in [3.05, 3.63) is 152 Å². The van der Waals surface area contributed by atoms with Gasteiger partial charge in [-0.25, -0.2) is 15.0 Å². The van der Waals surface area contributed by atoms with Crippen molar-refractivity contribution >= 4 is 21.9 Å². The highest BCUT2D eigenvalue weighted by Gasteiger charge is 2.18. The summed E-state index contributed by atoms with van der Waals surface area (Å²) in [5.41, 5.74) is 6.38.